The summed E-state index contributed by atoms with van der Waals surface area (Å²) in [5, 5.41) is 14.6. The number of halogens is 1. The number of hydrogen-bond acceptors (Lipinski definition) is 3. The van der Waals surface area contributed by atoms with Crippen LogP contribution in [0.1, 0.15) is 31.7 Å². The molecule has 5 nitrogen and oxygen atoms in total. The molecule has 0 saturated carbocycles. The van der Waals surface area contributed by atoms with Gasteiger partial charge >= 0.3 is 6.03 Å². The molecule has 1 aromatic carbocycles. The Labute approximate surface area is 136 Å². The number of benzene rings is 1. The third kappa shape index (κ3) is 4.91. The summed E-state index contributed by atoms with van der Waals surface area (Å²) in [4.78, 5) is 12.0. The lowest BCUT2D eigenvalue weighted by molar-refractivity contribution is 0.0505. The Balaban J connectivity index is 2.03. The van der Waals surface area contributed by atoms with Gasteiger partial charge in [-0.05, 0) is 43.9 Å². The molecule has 0 spiro atoms. The summed E-state index contributed by atoms with van der Waals surface area (Å²) < 4.78 is 19.0. The number of rotatable bonds is 6. The van der Waals surface area contributed by atoms with Crippen molar-refractivity contribution >= 4 is 6.03 Å². The molecule has 1 aliphatic rings. The lowest BCUT2D eigenvalue weighted by Gasteiger charge is -2.38. The topological polar surface area (TPSA) is 70.6 Å². The Bertz CT molecular complexity index is 518. The van der Waals surface area contributed by atoms with Crippen LogP contribution in [0.4, 0.5) is 9.18 Å². The average molecular weight is 324 g/mol. The Hall–Kier alpha value is -1.66. The van der Waals surface area contributed by atoms with Crippen molar-refractivity contribution in [1.82, 2.24) is 10.6 Å². The van der Waals surface area contributed by atoms with Gasteiger partial charge in [-0.1, -0.05) is 12.1 Å². The van der Waals surface area contributed by atoms with Crippen molar-refractivity contribution in [2.45, 2.75) is 37.6 Å². The first-order valence-electron chi connectivity index (χ1n) is 8.05. The number of ether oxygens (including phenoxy) is 1. The maximum atomic E-state index is 13.6. The SMILES string of the molecule is C[C@H](CCO)NC(=O)NCC1(c2cccc(F)c2)CCOCC1. The van der Waals surface area contributed by atoms with E-state index in [9.17, 15) is 9.18 Å². The van der Waals surface area contributed by atoms with Crippen molar-refractivity contribution in [3.8, 4) is 0 Å². The smallest absolute Gasteiger partial charge is 0.315 e. The predicted molar refractivity (Wildman–Crippen MR) is 85.8 cm³/mol. The molecular weight excluding hydrogens is 299 g/mol. The first kappa shape index (κ1) is 17.7. The summed E-state index contributed by atoms with van der Waals surface area (Å²) in [7, 11) is 0. The molecule has 1 aromatic rings. The van der Waals surface area contributed by atoms with Crippen molar-refractivity contribution in [3.63, 3.8) is 0 Å². The van der Waals surface area contributed by atoms with Crippen LogP contribution in [-0.4, -0.2) is 43.5 Å². The minimum atomic E-state index is -0.308. The second-order valence-electron chi connectivity index (χ2n) is 6.14. The zero-order chi connectivity index (χ0) is 16.7. The van der Waals surface area contributed by atoms with E-state index in [0.717, 1.165) is 18.4 Å². The number of nitrogens with one attached hydrogen (secondary N) is 2. The van der Waals surface area contributed by atoms with Gasteiger partial charge in [0.25, 0.3) is 0 Å². The number of carbonyl (C=O) groups excluding carboxylic acids is 1. The molecule has 1 fully saturated rings. The molecule has 3 N–H and O–H groups in total. The number of aliphatic hydroxyl groups excluding tert-OH is 1. The van der Waals surface area contributed by atoms with E-state index >= 15 is 0 Å². The summed E-state index contributed by atoms with van der Waals surface area (Å²) in [5.41, 5.74) is 0.585. The van der Waals surface area contributed by atoms with Crippen molar-refractivity contribution in [1.29, 1.82) is 0 Å². The fourth-order valence-electron chi connectivity index (χ4n) is 2.94. The molecule has 0 aliphatic carbocycles. The van der Waals surface area contributed by atoms with Crippen LogP contribution in [0, 0.1) is 5.82 Å². The molecule has 0 radical (unpaired) electrons. The van der Waals surface area contributed by atoms with Crippen LogP contribution < -0.4 is 10.6 Å². The Morgan fingerprint density at radius 1 is 1.43 bits per heavy atom. The van der Waals surface area contributed by atoms with Crippen LogP contribution in [0.15, 0.2) is 24.3 Å². The Kier molecular flexibility index (Phi) is 6.36. The van der Waals surface area contributed by atoms with E-state index in [4.69, 9.17) is 9.84 Å². The summed E-state index contributed by atoms with van der Waals surface area (Å²) in [5.74, 6) is -0.269. The largest absolute Gasteiger partial charge is 0.396 e. The van der Waals surface area contributed by atoms with Gasteiger partial charge in [0.05, 0.1) is 0 Å². The van der Waals surface area contributed by atoms with Gasteiger partial charge < -0.3 is 20.5 Å². The van der Waals surface area contributed by atoms with Gasteiger partial charge in [0.15, 0.2) is 0 Å². The first-order valence-corrected chi connectivity index (χ1v) is 8.05. The molecule has 2 rings (SSSR count). The molecule has 0 unspecified atom stereocenters. The summed E-state index contributed by atoms with van der Waals surface area (Å²) in [6.07, 6.45) is 1.99. The second-order valence-corrected chi connectivity index (χ2v) is 6.14. The highest BCUT2D eigenvalue weighted by atomic mass is 19.1. The lowest BCUT2D eigenvalue weighted by Crippen LogP contribution is -2.49. The quantitative estimate of drug-likeness (QED) is 0.749. The number of amides is 2. The lowest BCUT2D eigenvalue weighted by atomic mass is 9.74. The maximum Gasteiger partial charge on any atom is 0.315 e. The third-order valence-electron chi connectivity index (χ3n) is 4.41. The monoisotopic (exact) mass is 324 g/mol. The molecule has 6 heteroatoms. The fourth-order valence-corrected chi connectivity index (χ4v) is 2.94. The van der Waals surface area contributed by atoms with Crippen LogP contribution in [-0.2, 0) is 10.2 Å². The highest BCUT2D eigenvalue weighted by Crippen LogP contribution is 2.34. The predicted octanol–water partition coefficient (Wildman–Crippen LogP) is 1.94. The zero-order valence-electron chi connectivity index (χ0n) is 13.5. The summed E-state index contributed by atoms with van der Waals surface area (Å²) in [6, 6.07) is 6.20. The van der Waals surface area contributed by atoms with E-state index in [1.165, 1.54) is 6.07 Å². The average Bonchev–Trinajstić information content (AvgIpc) is 2.54. The highest BCUT2D eigenvalue weighted by Gasteiger charge is 2.35. The standard InChI is InChI=1S/C17H25FN2O3/c1-13(5-8-21)20-16(22)19-12-17(6-9-23-10-7-17)14-3-2-4-15(18)11-14/h2-4,11,13,21H,5-10,12H2,1H3,(H2,19,20,22)/t13-/m1/s1. The van der Waals surface area contributed by atoms with Gasteiger partial charge in [0.1, 0.15) is 5.82 Å². The minimum Gasteiger partial charge on any atom is -0.396 e. The Morgan fingerprint density at radius 2 is 2.17 bits per heavy atom. The zero-order valence-corrected chi connectivity index (χ0v) is 13.5. The van der Waals surface area contributed by atoms with Crippen LogP contribution >= 0.6 is 0 Å². The Morgan fingerprint density at radius 3 is 2.83 bits per heavy atom. The van der Waals surface area contributed by atoms with Gasteiger partial charge in [0, 0.05) is 37.8 Å². The van der Waals surface area contributed by atoms with E-state index in [2.05, 4.69) is 10.6 Å². The maximum absolute atomic E-state index is 13.6. The van der Waals surface area contributed by atoms with Crippen LogP contribution in [0.25, 0.3) is 0 Å². The van der Waals surface area contributed by atoms with Crippen LogP contribution in [0.3, 0.4) is 0 Å². The van der Waals surface area contributed by atoms with Crippen molar-refractivity contribution in [2.24, 2.45) is 0 Å². The molecule has 1 atom stereocenters. The molecule has 0 aromatic heterocycles. The molecule has 128 valence electrons. The van der Waals surface area contributed by atoms with Gasteiger partial charge in [-0.2, -0.15) is 0 Å². The van der Waals surface area contributed by atoms with Gasteiger partial charge in [-0.3, -0.25) is 0 Å². The van der Waals surface area contributed by atoms with Crippen LogP contribution in [0.5, 0.6) is 0 Å². The number of aliphatic hydroxyl groups is 1. The molecule has 2 amide bonds. The molecule has 23 heavy (non-hydrogen) atoms. The van der Waals surface area contributed by atoms with Gasteiger partial charge in [-0.25, -0.2) is 9.18 Å². The normalized spacial score (nSPS) is 18.2. The van der Waals surface area contributed by atoms with Crippen LogP contribution in [0.2, 0.25) is 0 Å². The third-order valence-corrected chi connectivity index (χ3v) is 4.41. The minimum absolute atomic E-state index is 0.0337. The van der Waals surface area contributed by atoms with Gasteiger partial charge in [0.2, 0.25) is 0 Å². The molecule has 1 saturated heterocycles. The first-order chi connectivity index (χ1) is 11.1. The van der Waals surface area contributed by atoms with E-state index in [1.807, 2.05) is 13.0 Å². The summed E-state index contributed by atoms with van der Waals surface area (Å²) >= 11 is 0. The second kappa shape index (κ2) is 8.26. The molecule has 1 heterocycles. The van der Waals surface area contributed by atoms with Crippen molar-refractivity contribution < 1.29 is 19.0 Å². The summed E-state index contributed by atoms with van der Waals surface area (Å²) in [6.45, 7) is 3.50. The van der Waals surface area contributed by atoms with Crippen molar-refractivity contribution in [3.05, 3.63) is 35.6 Å². The number of carbonyl (C=O) groups is 1. The fraction of sp³-hybridized carbons (Fsp3) is 0.588. The van der Waals surface area contributed by atoms with E-state index in [0.29, 0.717) is 26.2 Å². The molecule has 0 bridgehead atoms. The highest BCUT2D eigenvalue weighted by molar-refractivity contribution is 5.74. The molecule has 1 aliphatic heterocycles. The van der Waals surface area contributed by atoms with Crippen molar-refractivity contribution in [2.75, 3.05) is 26.4 Å². The van der Waals surface area contributed by atoms with E-state index in [1.54, 1.807) is 12.1 Å². The number of hydrogen-bond donors (Lipinski definition) is 3. The van der Waals surface area contributed by atoms with E-state index in [-0.39, 0.29) is 29.9 Å². The molecular formula is C17H25FN2O3. The van der Waals surface area contributed by atoms with Gasteiger partial charge in [-0.15, -0.1) is 0 Å². The number of urea groups is 1. The van der Waals surface area contributed by atoms with E-state index < -0.39 is 0 Å².